The molecule has 0 aliphatic carbocycles. The van der Waals surface area contributed by atoms with Gasteiger partial charge >= 0.3 is 6.03 Å². The number of amides is 3. The lowest BCUT2D eigenvalue weighted by atomic mass is 10.1. The van der Waals surface area contributed by atoms with Crippen LogP contribution in [0.4, 0.5) is 10.5 Å². The highest BCUT2D eigenvalue weighted by Gasteiger charge is 2.26. The Hall–Kier alpha value is -2.28. The van der Waals surface area contributed by atoms with Crippen molar-refractivity contribution >= 4 is 17.6 Å². The van der Waals surface area contributed by atoms with Crippen molar-refractivity contribution in [3.8, 4) is 5.75 Å². The molecule has 1 aliphatic heterocycles. The Kier molecular flexibility index (Phi) is 6.25. The third-order valence-electron chi connectivity index (χ3n) is 3.88. The molecule has 1 aliphatic rings. The molecule has 0 saturated carbocycles. The van der Waals surface area contributed by atoms with Gasteiger partial charge in [0.25, 0.3) is 5.91 Å². The van der Waals surface area contributed by atoms with Gasteiger partial charge in [0.2, 0.25) is 0 Å². The molecule has 7 heteroatoms. The Morgan fingerprint density at radius 2 is 1.92 bits per heavy atom. The maximum atomic E-state index is 12.6. The van der Waals surface area contributed by atoms with Gasteiger partial charge in [0, 0.05) is 32.7 Å². The highest BCUT2D eigenvalue weighted by Crippen LogP contribution is 2.27. The molecule has 0 unspecified atom stereocenters. The SMILES string of the molecule is CCOc1cc(C(=O)N(C)C)ccc1NC(=O)N1C[C@@H](C)O[C@@H](C)C1. The smallest absolute Gasteiger partial charge is 0.322 e. The summed E-state index contributed by atoms with van der Waals surface area (Å²) in [6.07, 6.45) is 0.00176. The van der Waals surface area contributed by atoms with Crippen LogP contribution >= 0.6 is 0 Å². The van der Waals surface area contributed by atoms with Gasteiger partial charge in [-0.3, -0.25) is 4.79 Å². The average molecular weight is 349 g/mol. The van der Waals surface area contributed by atoms with Gasteiger partial charge < -0.3 is 24.6 Å². The van der Waals surface area contributed by atoms with Crippen LogP contribution in [0.3, 0.4) is 0 Å². The number of rotatable bonds is 4. The second-order valence-electron chi connectivity index (χ2n) is 6.44. The molecule has 25 heavy (non-hydrogen) atoms. The van der Waals surface area contributed by atoms with Gasteiger partial charge in [-0.1, -0.05) is 0 Å². The number of hydrogen-bond acceptors (Lipinski definition) is 4. The summed E-state index contributed by atoms with van der Waals surface area (Å²) in [5.41, 5.74) is 1.06. The Bertz CT molecular complexity index is 623. The van der Waals surface area contributed by atoms with Crippen LogP contribution in [0.2, 0.25) is 0 Å². The molecule has 0 bridgehead atoms. The van der Waals surface area contributed by atoms with Crippen LogP contribution in [0.15, 0.2) is 18.2 Å². The molecule has 1 aromatic carbocycles. The summed E-state index contributed by atoms with van der Waals surface area (Å²) in [5.74, 6) is 0.368. The molecule has 1 N–H and O–H groups in total. The fourth-order valence-corrected chi connectivity index (χ4v) is 2.83. The number of carbonyl (C=O) groups is 2. The molecular formula is C18H27N3O4. The van der Waals surface area contributed by atoms with Crippen LogP contribution in [0.5, 0.6) is 5.75 Å². The van der Waals surface area contributed by atoms with Crippen molar-refractivity contribution in [1.29, 1.82) is 0 Å². The lowest BCUT2D eigenvalue weighted by Crippen LogP contribution is -2.49. The molecule has 7 nitrogen and oxygen atoms in total. The minimum Gasteiger partial charge on any atom is -0.492 e. The molecule has 1 heterocycles. The third kappa shape index (κ3) is 4.85. The molecule has 2 rings (SSSR count). The van der Waals surface area contributed by atoms with Gasteiger partial charge in [0.1, 0.15) is 5.75 Å². The summed E-state index contributed by atoms with van der Waals surface area (Å²) in [7, 11) is 3.39. The van der Waals surface area contributed by atoms with Gasteiger partial charge in [-0.05, 0) is 39.0 Å². The Balaban J connectivity index is 2.17. The standard InChI is InChI=1S/C18H27N3O4/c1-6-24-16-9-14(17(22)20(4)5)7-8-15(16)19-18(23)21-10-12(2)25-13(3)11-21/h7-9,12-13H,6,10-11H2,1-5H3,(H,19,23)/t12-,13+. The summed E-state index contributed by atoms with van der Waals surface area (Å²) < 4.78 is 11.3. The molecule has 138 valence electrons. The van der Waals surface area contributed by atoms with Crippen LogP contribution < -0.4 is 10.1 Å². The number of anilines is 1. The van der Waals surface area contributed by atoms with Gasteiger partial charge in [0.05, 0.1) is 24.5 Å². The van der Waals surface area contributed by atoms with Crippen molar-refractivity contribution in [2.24, 2.45) is 0 Å². The predicted octanol–water partition coefficient (Wildman–Crippen LogP) is 2.43. The lowest BCUT2D eigenvalue weighted by molar-refractivity contribution is -0.0530. The molecule has 1 saturated heterocycles. The van der Waals surface area contributed by atoms with E-state index in [0.717, 1.165) is 0 Å². The highest BCUT2D eigenvalue weighted by atomic mass is 16.5. The lowest BCUT2D eigenvalue weighted by Gasteiger charge is -2.35. The van der Waals surface area contributed by atoms with E-state index in [9.17, 15) is 9.59 Å². The Labute approximate surface area is 148 Å². The molecule has 0 spiro atoms. The van der Waals surface area contributed by atoms with Gasteiger partial charge in [-0.15, -0.1) is 0 Å². The topological polar surface area (TPSA) is 71.1 Å². The van der Waals surface area contributed by atoms with Crippen LogP contribution in [0, 0.1) is 0 Å². The number of ether oxygens (including phenoxy) is 2. The van der Waals surface area contributed by atoms with Crippen LogP contribution in [-0.4, -0.2) is 67.7 Å². The van der Waals surface area contributed by atoms with Crippen molar-refractivity contribution in [3.05, 3.63) is 23.8 Å². The Morgan fingerprint density at radius 1 is 1.28 bits per heavy atom. The molecule has 2 atom stereocenters. The van der Waals surface area contributed by atoms with E-state index >= 15 is 0 Å². The summed E-state index contributed by atoms with van der Waals surface area (Å²) in [5, 5.41) is 2.88. The maximum Gasteiger partial charge on any atom is 0.322 e. The monoisotopic (exact) mass is 349 g/mol. The number of carbonyl (C=O) groups excluding carboxylic acids is 2. The van der Waals surface area contributed by atoms with Gasteiger partial charge in [-0.25, -0.2) is 4.79 Å². The number of hydrogen-bond donors (Lipinski definition) is 1. The molecule has 0 aromatic heterocycles. The quantitative estimate of drug-likeness (QED) is 0.906. The maximum absolute atomic E-state index is 12.6. The zero-order valence-corrected chi connectivity index (χ0v) is 15.5. The minimum absolute atomic E-state index is 0.000881. The second kappa shape index (κ2) is 8.20. The normalized spacial score (nSPS) is 20.1. The van der Waals surface area contributed by atoms with Crippen LogP contribution in [-0.2, 0) is 4.74 Å². The first kappa shape index (κ1) is 19.1. The molecule has 1 fully saturated rings. The number of benzene rings is 1. The summed E-state index contributed by atoms with van der Waals surface area (Å²) >= 11 is 0. The summed E-state index contributed by atoms with van der Waals surface area (Å²) in [6.45, 7) is 7.27. The summed E-state index contributed by atoms with van der Waals surface area (Å²) in [6, 6.07) is 4.85. The predicted molar refractivity (Wildman–Crippen MR) is 96.2 cm³/mol. The first-order valence-electron chi connectivity index (χ1n) is 8.51. The van der Waals surface area contributed by atoms with E-state index in [1.165, 1.54) is 4.90 Å². The Morgan fingerprint density at radius 3 is 2.48 bits per heavy atom. The van der Waals surface area contributed by atoms with E-state index in [0.29, 0.717) is 36.7 Å². The van der Waals surface area contributed by atoms with Crippen molar-refractivity contribution < 1.29 is 19.1 Å². The van der Waals surface area contributed by atoms with Gasteiger partial charge in [-0.2, -0.15) is 0 Å². The fourth-order valence-electron chi connectivity index (χ4n) is 2.83. The zero-order chi connectivity index (χ0) is 18.6. The number of morpholine rings is 1. The number of nitrogens with zero attached hydrogens (tertiary/aromatic N) is 2. The van der Waals surface area contributed by atoms with E-state index in [2.05, 4.69) is 5.32 Å². The van der Waals surface area contributed by atoms with E-state index in [1.54, 1.807) is 37.2 Å². The highest BCUT2D eigenvalue weighted by molar-refractivity contribution is 5.96. The zero-order valence-electron chi connectivity index (χ0n) is 15.5. The first-order chi connectivity index (χ1) is 11.8. The van der Waals surface area contributed by atoms with Crippen molar-refractivity contribution in [3.63, 3.8) is 0 Å². The number of urea groups is 1. The van der Waals surface area contributed by atoms with E-state index in [4.69, 9.17) is 9.47 Å². The van der Waals surface area contributed by atoms with E-state index in [1.807, 2.05) is 20.8 Å². The largest absolute Gasteiger partial charge is 0.492 e. The van der Waals surface area contributed by atoms with E-state index in [-0.39, 0.29) is 24.1 Å². The molecular weight excluding hydrogens is 322 g/mol. The van der Waals surface area contributed by atoms with E-state index < -0.39 is 0 Å². The molecule has 1 aromatic rings. The molecule has 0 radical (unpaired) electrons. The average Bonchev–Trinajstić information content (AvgIpc) is 2.54. The van der Waals surface area contributed by atoms with Gasteiger partial charge in [0.15, 0.2) is 0 Å². The fraction of sp³-hybridized carbons (Fsp3) is 0.556. The first-order valence-corrected chi connectivity index (χ1v) is 8.51. The third-order valence-corrected chi connectivity index (χ3v) is 3.88. The second-order valence-corrected chi connectivity index (χ2v) is 6.44. The number of nitrogens with one attached hydrogen (secondary N) is 1. The minimum atomic E-state index is -0.199. The summed E-state index contributed by atoms with van der Waals surface area (Å²) in [4.78, 5) is 27.9. The van der Waals surface area contributed by atoms with Crippen molar-refractivity contribution in [2.45, 2.75) is 33.0 Å². The van der Waals surface area contributed by atoms with Crippen molar-refractivity contribution in [1.82, 2.24) is 9.80 Å². The van der Waals surface area contributed by atoms with Crippen LogP contribution in [0.25, 0.3) is 0 Å². The molecule has 3 amide bonds. The van der Waals surface area contributed by atoms with Crippen molar-refractivity contribution in [2.75, 3.05) is 39.1 Å². The van der Waals surface area contributed by atoms with Crippen LogP contribution in [0.1, 0.15) is 31.1 Å².